The average molecular weight is 386 g/mol. The number of sulfonamides is 1. The highest BCUT2D eigenvalue weighted by Crippen LogP contribution is 2.35. The molecular formula is C10H9Cl2N3O3S3. The lowest BCUT2D eigenvalue weighted by Crippen LogP contribution is -2.19. The number of halogens is 2. The van der Waals surface area contributed by atoms with E-state index >= 15 is 0 Å². The van der Waals surface area contributed by atoms with Crippen molar-refractivity contribution >= 4 is 66.9 Å². The van der Waals surface area contributed by atoms with Gasteiger partial charge in [0.05, 0.1) is 15.9 Å². The van der Waals surface area contributed by atoms with Crippen molar-refractivity contribution in [3.63, 3.8) is 0 Å². The summed E-state index contributed by atoms with van der Waals surface area (Å²) in [6.07, 6.45) is 0. The molecule has 1 unspecified atom stereocenters. The van der Waals surface area contributed by atoms with Gasteiger partial charge in [-0.3, -0.25) is 9.52 Å². The van der Waals surface area contributed by atoms with Crippen molar-refractivity contribution in [2.75, 3.05) is 4.72 Å². The third-order valence-corrected chi connectivity index (χ3v) is 6.53. The van der Waals surface area contributed by atoms with Gasteiger partial charge >= 0.3 is 0 Å². The number of amides is 1. The van der Waals surface area contributed by atoms with Crippen LogP contribution < -0.4 is 10.5 Å². The molecule has 0 fully saturated rings. The van der Waals surface area contributed by atoms with E-state index in [9.17, 15) is 13.2 Å². The Kier molecular flexibility index (Phi) is 4.79. The maximum Gasteiger partial charge on any atom is 0.266 e. The van der Waals surface area contributed by atoms with E-state index in [1.54, 1.807) is 12.3 Å². The molecule has 21 heavy (non-hydrogen) atoms. The molecule has 0 spiro atoms. The van der Waals surface area contributed by atoms with Gasteiger partial charge in [-0.15, -0.1) is 22.7 Å². The number of primary amides is 1. The Balaban J connectivity index is 2.26. The summed E-state index contributed by atoms with van der Waals surface area (Å²) in [7, 11) is -3.88. The summed E-state index contributed by atoms with van der Waals surface area (Å²) in [4.78, 5) is 15.0. The summed E-state index contributed by atoms with van der Waals surface area (Å²) in [6.45, 7) is 1.59. The lowest BCUT2D eigenvalue weighted by atomic mass is 10.1. The number of hydrogen-bond donors (Lipinski definition) is 2. The first-order valence-corrected chi connectivity index (χ1v) is 9.36. The highest BCUT2D eigenvalue weighted by atomic mass is 35.5. The van der Waals surface area contributed by atoms with Crippen molar-refractivity contribution in [3.8, 4) is 0 Å². The Labute approximate surface area is 139 Å². The van der Waals surface area contributed by atoms with E-state index in [1.165, 1.54) is 6.07 Å². The van der Waals surface area contributed by atoms with Crippen LogP contribution in [0.2, 0.25) is 8.67 Å². The molecule has 2 heterocycles. The predicted molar refractivity (Wildman–Crippen MR) is 84.9 cm³/mol. The standard InChI is InChI=1S/C10H9Cl2N3O3S3/c1-4(9(13)16)5-3-19-10(14-5)15-21(17,18)6-2-7(11)20-8(6)12/h2-4H,1H3,(H2,13,16)(H,14,15). The smallest absolute Gasteiger partial charge is 0.266 e. The third kappa shape index (κ3) is 3.67. The summed E-state index contributed by atoms with van der Waals surface area (Å²) in [6, 6.07) is 1.26. The number of anilines is 1. The molecule has 6 nitrogen and oxygen atoms in total. The normalized spacial score (nSPS) is 13.1. The van der Waals surface area contributed by atoms with Gasteiger partial charge in [0.2, 0.25) is 5.91 Å². The minimum Gasteiger partial charge on any atom is -0.369 e. The highest BCUT2D eigenvalue weighted by Gasteiger charge is 2.23. The molecule has 1 amide bonds. The summed E-state index contributed by atoms with van der Waals surface area (Å²) in [5.74, 6) is -1.14. The van der Waals surface area contributed by atoms with Crippen molar-refractivity contribution in [2.45, 2.75) is 17.7 Å². The van der Waals surface area contributed by atoms with Gasteiger partial charge in [-0.2, -0.15) is 0 Å². The van der Waals surface area contributed by atoms with E-state index < -0.39 is 21.8 Å². The topological polar surface area (TPSA) is 102 Å². The maximum atomic E-state index is 12.2. The van der Waals surface area contributed by atoms with Crippen LogP contribution in [0.4, 0.5) is 5.13 Å². The fourth-order valence-electron chi connectivity index (χ4n) is 1.36. The van der Waals surface area contributed by atoms with Gasteiger partial charge in [-0.25, -0.2) is 13.4 Å². The number of thiophene rings is 1. The molecule has 0 saturated carbocycles. The molecule has 0 aliphatic heterocycles. The molecule has 0 saturated heterocycles. The Morgan fingerprint density at radius 3 is 2.67 bits per heavy atom. The first-order valence-electron chi connectivity index (χ1n) is 5.43. The van der Waals surface area contributed by atoms with Gasteiger partial charge < -0.3 is 5.73 Å². The lowest BCUT2D eigenvalue weighted by molar-refractivity contribution is -0.119. The highest BCUT2D eigenvalue weighted by molar-refractivity contribution is 7.93. The van der Waals surface area contributed by atoms with E-state index in [1.807, 2.05) is 0 Å². The summed E-state index contributed by atoms with van der Waals surface area (Å²) < 4.78 is 27.0. The quantitative estimate of drug-likeness (QED) is 0.825. The number of carbonyl (C=O) groups excluding carboxylic acids is 1. The molecule has 11 heteroatoms. The molecule has 0 aliphatic carbocycles. The monoisotopic (exact) mass is 385 g/mol. The summed E-state index contributed by atoms with van der Waals surface area (Å²) in [5.41, 5.74) is 5.58. The lowest BCUT2D eigenvalue weighted by Gasteiger charge is -2.04. The van der Waals surface area contributed by atoms with Crippen molar-refractivity contribution in [1.29, 1.82) is 0 Å². The molecule has 0 aromatic carbocycles. The van der Waals surface area contributed by atoms with Crippen molar-refractivity contribution in [3.05, 3.63) is 25.8 Å². The minimum absolute atomic E-state index is 0.0646. The second kappa shape index (κ2) is 6.09. The van der Waals surface area contributed by atoms with Crippen molar-refractivity contribution < 1.29 is 13.2 Å². The van der Waals surface area contributed by atoms with Crippen LogP contribution in [-0.4, -0.2) is 19.3 Å². The Morgan fingerprint density at radius 1 is 1.48 bits per heavy atom. The third-order valence-electron chi connectivity index (χ3n) is 2.53. The number of hydrogen-bond acceptors (Lipinski definition) is 6. The van der Waals surface area contributed by atoms with Gasteiger partial charge in [-0.1, -0.05) is 23.2 Å². The van der Waals surface area contributed by atoms with E-state index in [0.717, 1.165) is 22.7 Å². The van der Waals surface area contributed by atoms with Gasteiger partial charge in [0.1, 0.15) is 9.23 Å². The molecule has 3 N–H and O–H groups in total. The number of aromatic nitrogens is 1. The molecule has 0 radical (unpaired) electrons. The Morgan fingerprint density at radius 2 is 2.14 bits per heavy atom. The Bertz CT molecular complexity index is 785. The molecule has 0 bridgehead atoms. The van der Waals surface area contributed by atoms with Crippen LogP contribution in [0.1, 0.15) is 18.5 Å². The van der Waals surface area contributed by atoms with Crippen LogP contribution in [-0.2, 0) is 14.8 Å². The van der Waals surface area contributed by atoms with Gasteiger partial charge in [0.25, 0.3) is 10.0 Å². The van der Waals surface area contributed by atoms with Gasteiger partial charge in [0, 0.05) is 5.38 Å². The van der Waals surface area contributed by atoms with Crippen LogP contribution in [0.3, 0.4) is 0 Å². The fourth-order valence-corrected chi connectivity index (χ4v) is 5.56. The average Bonchev–Trinajstić information content (AvgIpc) is 2.94. The molecule has 2 aromatic heterocycles. The summed E-state index contributed by atoms with van der Waals surface area (Å²) >= 11 is 13.6. The van der Waals surface area contributed by atoms with Crippen LogP contribution in [0.15, 0.2) is 16.3 Å². The first kappa shape index (κ1) is 16.5. The van der Waals surface area contributed by atoms with Crippen LogP contribution in [0.5, 0.6) is 0 Å². The van der Waals surface area contributed by atoms with E-state index in [2.05, 4.69) is 9.71 Å². The fraction of sp³-hybridized carbons (Fsp3) is 0.200. The maximum absolute atomic E-state index is 12.2. The van der Waals surface area contributed by atoms with Gasteiger partial charge in [0.15, 0.2) is 5.13 Å². The van der Waals surface area contributed by atoms with Crippen molar-refractivity contribution in [1.82, 2.24) is 4.98 Å². The largest absolute Gasteiger partial charge is 0.369 e. The van der Waals surface area contributed by atoms with E-state index in [-0.39, 0.29) is 18.7 Å². The van der Waals surface area contributed by atoms with Crippen LogP contribution in [0.25, 0.3) is 0 Å². The zero-order valence-corrected chi connectivity index (χ0v) is 14.4. The second-order valence-corrected chi connectivity index (χ2v) is 8.79. The van der Waals surface area contributed by atoms with Crippen molar-refractivity contribution in [2.24, 2.45) is 5.73 Å². The summed E-state index contributed by atoms with van der Waals surface area (Å²) in [5, 5.41) is 1.69. The zero-order valence-electron chi connectivity index (χ0n) is 10.5. The van der Waals surface area contributed by atoms with E-state index in [4.69, 9.17) is 28.9 Å². The minimum atomic E-state index is -3.88. The molecule has 114 valence electrons. The molecular weight excluding hydrogens is 377 g/mol. The van der Waals surface area contributed by atoms with Gasteiger partial charge in [-0.05, 0) is 13.0 Å². The molecule has 0 aliphatic rings. The zero-order chi connectivity index (χ0) is 15.8. The number of nitrogens with zero attached hydrogens (tertiary/aromatic N) is 1. The number of rotatable bonds is 5. The second-order valence-electron chi connectivity index (χ2n) is 4.00. The number of carbonyl (C=O) groups is 1. The van der Waals surface area contributed by atoms with E-state index in [0.29, 0.717) is 5.69 Å². The Hall–Kier alpha value is -0.870. The molecule has 2 rings (SSSR count). The molecule has 2 aromatic rings. The van der Waals surface area contributed by atoms with Crippen LogP contribution in [0, 0.1) is 0 Å². The SMILES string of the molecule is CC(C(N)=O)c1csc(NS(=O)(=O)c2cc(Cl)sc2Cl)n1. The first-order chi connectivity index (χ1) is 9.70. The number of thiazole rings is 1. The number of nitrogens with two attached hydrogens (primary N) is 1. The number of nitrogens with one attached hydrogen (secondary N) is 1. The predicted octanol–water partition coefficient (Wildman–Crippen LogP) is 2.90. The van der Waals surface area contributed by atoms with Crippen LogP contribution >= 0.6 is 45.9 Å². The molecule has 1 atom stereocenters.